The van der Waals surface area contributed by atoms with E-state index in [0.29, 0.717) is 5.75 Å². The van der Waals surface area contributed by atoms with Crippen LogP contribution in [0, 0.1) is 6.92 Å². The van der Waals surface area contributed by atoms with Gasteiger partial charge in [0.25, 0.3) is 5.56 Å². The van der Waals surface area contributed by atoms with Crippen molar-refractivity contribution in [2.24, 2.45) is 7.05 Å². The van der Waals surface area contributed by atoms with Crippen LogP contribution < -0.4 is 10.3 Å². The minimum Gasteiger partial charge on any atom is -0.496 e. The van der Waals surface area contributed by atoms with Crippen LogP contribution >= 0.6 is 0 Å². The highest BCUT2D eigenvalue weighted by molar-refractivity contribution is 5.22. The standard InChI is InChI=1S/C8H11NO2/c1-6-4-7(11-3)5-8(10)9(6)2/h4-5H,1-3H3. The average molecular weight is 153 g/mol. The lowest BCUT2D eigenvalue weighted by atomic mass is 10.3. The summed E-state index contributed by atoms with van der Waals surface area (Å²) in [6.07, 6.45) is 0. The van der Waals surface area contributed by atoms with E-state index >= 15 is 0 Å². The molecule has 1 aromatic rings. The summed E-state index contributed by atoms with van der Waals surface area (Å²) in [7, 11) is 3.28. The summed E-state index contributed by atoms with van der Waals surface area (Å²) >= 11 is 0. The Kier molecular flexibility index (Phi) is 1.98. The fourth-order valence-electron chi connectivity index (χ4n) is 0.855. The summed E-state index contributed by atoms with van der Waals surface area (Å²) < 4.78 is 6.49. The minimum absolute atomic E-state index is 0.0400. The molecule has 60 valence electrons. The van der Waals surface area contributed by atoms with Gasteiger partial charge in [0.15, 0.2) is 0 Å². The van der Waals surface area contributed by atoms with Crippen molar-refractivity contribution in [3.05, 3.63) is 28.2 Å². The molecule has 0 aliphatic rings. The van der Waals surface area contributed by atoms with Crippen molar-refractivity contribution >= 4 is 0 Å². The van der Waals surface area contributed by atoms with Gasteiger partial charge in [-0.2, -0.15) is 0 Å². The molecule has 0 fully saturated rings. The molecule has 1 aromatic heterocycles. The molecule has 0 atom stereocenters. The van der Waals surface area contributed by atoms with Gasteiger partial charge < -0.3 is 9.30 Å². The maximum atomic E-state index is 11.1. The molecule has 3 heteroatoms. The lowest BCUT2D eigenvalue weighted by Crippen LogP contribution is -2.17. The summed E-state index contributed by atoms with van der Waals surface area (Å²) in [5, 5.41) is 0. The number of methoxy groups -OCH3 is 1. The Bertz CT molecular complexity index is 314. The Morgan fingerprint density at radius 2 is 2.09 bits per heavy atom. The van der Waals surface area contributed by atoms with Gasteiger partial charge in [-0.25, -0.2) is 0 Å². The second kappa shape index (κ2) is 2.78. The minimum atomic E-state index is -0.0400. The van der Waals surface area contributed by atoms with E-state index < -0.39 is 0 Å². The number of hydrogen-bond donors (Lipinski definition) is 0. The van der Waals surface area contributed by atoms with Crippen LogP contribution in [0.1, 0.15) is 5.69 Å². The van der Waals surface area contributed by atoms with E-state index in [9.17, 15) is 4.79 Å². The van der Waals surface area contributed by atoms with Gasteiger partial charge in [-0.05, 0) is 13.0 Å². The first-order chi connectivity index (χ1) is 5.15. The second-order valence-corrected chi connectivity index (χ2v) is 2.43. The third kappa shape index (κ3) is 1.42. The highest BCUT2D eigenvalue weighted by Gasteiger charge is 1.97. The van der Waals surface area contributed by atoms with E-state index in [-0.39, 0.29) is 5.56 Å². The number of aryl methyl sites for hydroxylation is 1. The topological polar surface area (TPSA) is 31.2 Å². The Hall–Kier alpha value is -1.25. The van der Waals surface area contributed by atoms with E-state index in [1.165, 1.54) is 6.07 Å². The van der Waals surface area contributed by atoms with Crippen molar-refractivity contribution in [2.75, 3.05) is 7.11 Å². The first-order valence-electron chi connectivity index (χ1n) is 3.37. The van der Waals surface area contributed by atoms with Gasteiger partial charge in [0.1, 0.15) is 5.75 Å². The zero-order valence-corrected chi connectivity index (χ0v) is 6.92. The van der Waals surface area contributed by atoms with Gasteiger partial charge >= 0.3 is 0 Å². The van der Waals surface area contributed by atoms with Crippen molar-refractivity contribution in [3.63, 3.8) is 0 Å². The van der Waals surface area contributed by atoms with Crippen LogP contribution in [0.2, 0.25) is 0 Å². The molecule has 0 aromatic carbocycles. The number of pyridine rings is 1. The summed E-state index contributed by atoms with van der Waals surface area (Å²) in [5.74, 6) is 0.616. The Morgan fingerprint density at radius 1 is 1.45 bits per heavy atom. The summed E-state index contributed by atoms with van der Waals surface area (Å²) in [5.41, 5.74) is 0.858. The van der Waals surface area contributed by atoms with Crippen molar-refractivity contribution in [2.45, 2.75) is 6.92 Å². The molecule has 0 saturated carbocycles. The van der Waals surface area contributed by atoms with Crippen molar-refractivity contribution < 1.29 is 4.74 Å². The largest absolute Gasteiger partial charge is 0.496 e. The molecule has 0 aliphatic heterocycles. The summed E-state index contributed by atoms with van der Waals surface area (Å²) in [4.78, 5) is 11.1. The predicted molar refractivity (Wildman–Crippen MR) is 43.0 cm³/mol. The Morgan fingerprint density at radius 3 is 2.55 bits per heavy atom. The van der Waals surface area contributed by atoms with Crippen LogP contribution in [0.3, 0.4) is 0 Å². The van der Waals surface area contributed by atoms with Gasteiger partial charge in [0.2, 0.25) is 0 Å². The molecule has 0 N–H and O–H groups in total. The molecule has 1 rings (SSSR count). The summed E-state index contributed by atoms with van der Waals surface area (Å²) in [6.45, 7) is 1.86. The highest BCUT2D eigenvalue weighted by atomic mass is 16.5. The third-order valence-electron chi connectivity index (χ3n) is 1.71. The molecular weight excluding hydrogens is 142 g/mol. The van der Waals surface area contributed by atoms with E-state index in [1.54, 1.807) is 18.7 Å². The second-order valence-electron chi connectivity index (χ2n) is 2.43. The maximum absolute atomic E-state index is 11.1. The number of rotatable bonds is 1. The van der Waals surface area contributed by atoms with E-state index in [2.05, 4.69) is 0 Å². The Labute approximate surface area is 65.2 Å². The number of hydrogen-bond acceptors (Lipinski definition) is 2. The zero-order chi connectivity index (χ0) is 8.43. The maximum Gasteiger partial charge on any atom is 0.254 e. The number of nitrogens with zero attached hydrogens (tertiary/aromatic N) is 1. The zero-order valence-electron chi connectivity index (χ0n) is 6.92. The summed E-state index contributed by atoms with van der Waals surface area (Å²) in [6, 6.07) is 3.29. The molecule has 11 heavy (non-hydrogen) atoms. The molecular formula is C8H11NO2. The quantitative estimate of drug-likeness (QED) is 0.594. The molecule has 0 aliphatic carbocycles. The van der Waals surface area contributed by atoms with Crippen LogP contribution in [-0.4, -0.2) is 11.7 Å². The van der Waals surface area contributed by atoms with Crippen LogP contribution in [0.25, 0.3) is 0 Å². The monoisotopic (exact) mass is 153 g/mol. The molecule has 0 unspecified atom stereocenters. The van der Waals surface area contributed by atoms with E-state index in [1.807, 2.05) is 13.0 Å². The van der Waals surface area contributed by atoms with Crippen molar-refractivity contribution in [3.8, 4) is 5.75 Å². The van der Waals surface area contributed by atoms with Crippen LogP contribution in [0.5, 0.6) is 5.75 Å². The normalized spacial score (nSPS) is 9.73. The SMILES string of the molecule is COc1cc(C)n(C)c(=O)c1. The molecule has 0 bridgehead atoms. The number of aromatic nitrogens is 1. The van der Waals surface area contributed by atoms with E-state index in [0.717, 1.165) is 5.69 Å². The first-order valence-corrected chi connectivity index (χ1v) is 3.37. The molecule has 0 radical (unpaired) electrons. The lowest BCUT2D eigenvalue weighted by molar-refractivity contribution is 0.412. The Balaban J connectivity index is 3.32. The van der Waals surface area contributed by atoms with Crippen LogP contribution in [0.4, 0.5) is 0 Å². The van der Waals surface area contributed by atoms with Crippen molar-refractivity contribution in [1.82, 2.24) is 4.57 Å². The third-order valence-corrected chi connectivity index (χ3v) is 1.71. The fraction of sp³-hybridized carbons (Fsp3) is 0.375. The van der Waals surface area contributed by atoms with Gasteiger partial charge in [-0.1, -0.05) is 0 Å². The van der Waals surface area contributed by atoms with Gasteiger partial charge in [0, 0.05) is 18.8 Å². The molecule has 0 saturated heterocycles. The highest BCUT2D eigenvalue weighted by Crippen LogP contribution is 2.06. The smallest absolute Gasteiger partial charge is 0.254 e. The molecule has 1 heterocycles. The first kappa shape index (κ1) is 7.85. The molecule has 0 amide bonds. The molecule has 3 nitrogen and oxygen atoms in total. The lowest BCUT2D eigenvalue weighted by Gasteiger charge is -2.04. The number of ether oxygens (including phenoxy) is 1. The predicted octanol–water partition coefficient (Wildman–Crippen LogP) is 0.702. The van der Waals surface area contributed by atoms with Gasteiger partial charge in [-0.3, -0.25) is 4.79 Å². The van der Waals surface area contributed by atoms with Crippen molar-refractivity contribution in [1.29, 1.82) is 0 Å². The molecule has 0 spiro atoms. The van der Waals surface area contributed by atoms with Gasteiger partial charge in [0.05, 0.1) is 7.11 Å². The van der Waals surface area contributed by atoms with Crippen LogP contribution in [0.15, 0.2) is 16.9 Å². The average Bonchev–Trinajstić information content (AvgIpc) is 1.99. The van der Waals surface area contributed by atoms with Gasteiger partial charge in [-0.15, -0.1) is 0 Å². The fourth-order valence-corrected chi connectivity index (χ4v) is 0.855. The van der Waals surface area contributed by atoms with E-state index in [4.69, 9.17) is 4.74 Å². The van der Waals surface area contributed by atoms with Crippen LogP contribution in [-0.2, 0) is 7.05 Å².